The number of carbonyl (C=O) groups excluding carboxylic acids is 4. The summed E-state index contributed by atoms with van der Waals surface area (Å²) in [4.78, 5) is 52.3. The van der Waals surface area contributed by atoms with Gasteiger partial charge in [-0.1, -0.05) is 12.2 Å². The van der Waals surface area contributed by atoms with Crippen LogP contribution in [-0.4, -0.2) is 54.8 Å². The molecule has 2 saturated heterocycles. The fourth-order valence-corrected chi connectivity index (χ4v) is 4.44. The molecule has 0 unspecified atom stereocenters. The Morgan fingerprint density at radius 3 is 2.19 bits per heavy atom. The van der Waals surface area contributed by atoms with Crippen LogP contribution in [0.3, 0.4) is 0 Å². The number of allylic oxidation sites excluding steroid dienone is 2. The molecule has 2 aliphatic heterocycles. The van der Waals surface area contributed by atoms with Crippen molar-refractivity contribution in [3.05, 3.63) is 36.4 Å². The second-order valence-electron chi connectivity index (χ2n) is 8.18. The third-order valence-corrected chi connectivity index (χ3v) is 6.12. The Morgan fingerprint density at radius 1 is 0.968 bits per heavy atom. The fraction of sp³-hybridized carbons (Fsp3) is 0.478. The number of likely N-dealkylation sites (tertiary alicyclic amines) is 1. The zero-order valence-corrected chi connectivity index (χ0v) is 17.4. The van der Waals surface area contributed by atoms with E-state index < -0.39 is 18.5 Å². The van der Waals surface area contributed by atoms with Gasteiger partial charge < -0.3 is 15.0 Å². The predicted octanol–water partition coefficient (Wildman–Crippen LogP) is 2.11. The molecular weight excluding hydrogens is 398 g/mol. The quantitative estimate of drug-likeness (QED) is 0.408. The van der Waals surface area contributed by atoms with E-state index >= 15 is 0 Å². The summed E-state index contributed by atoms with van der Waals surface area (Å²) in [6.45, 7) is 1.68. The van der Waals surface area contributed by atoms with Crippen molar-refractivity contribution in [3.63, 3.8) is 0 Å². The minimum atomic E-state index is -0.617. The lowest BCUT2D eigenvalue weighted by Gasteiger charge is -2.17. The van der Waals surface area contributed by atoms with E-state index in [2.05, 4.69) is 10.2 Å². The predicted molar refractivity (Wildman–Crippen MR) is 114 cm³/mol. The second kappa shape index (κ2) is 9.32. The van der Waals surface area contributed by atoms with E-state index in [-0.39, 0.29) is 36.6 Å². The molecule has 3 aliphatic rings. The first-order valence-corrected chi connectivity index (χ1v) is 10.8. The van der Waals surface area contributed by atoms with Crippen LogP contribution in [0.5, 0.6) is 0 Å². The summed E-state index contributed by atoms with van der Waals surface area (Å²) in [6, 6.07) is 7.58. The maximum absolute atomic E-state index is 12.4. The van der Waals surface area contributed by atoms with Crippen LogP contribution >= 0.6 is 0 Å². The molecule has 1 N–H and O–H groups in total. The average molecular weight is 425 g/mol. The van der Waals surface area contributed by atoms with Gasteiger partial charge in [0, 0.05) is 31.0 Å². The lowest BCUT2D eigenvalue weighted by molar-refractivity contribution is -0.148. The monoisotopic (exact) mass is 425 g/mol. The van der Waals surface area contributed by atoms with Crippen molar-refractivity contribution in [2.24, 2.45) is 11.8 Å². The number of anilines is 2. The highest BCUT2D eigenvalue weighted by Crippen LogP contribution is 2.35. The molecule has 0 radical (unpaired) electrons. The zero-order valence-electron chi connectivity index (χ0n) is 17.4. The van der Waals surface area contributed by atoms with Gasteiger partial charge in [-0.3, -0.25) is 24.1 Å². The maximum Gasteiger partial charge on any atom is 0.308 e. The van der Waals surface area contributed by atoms with E-state index in [0.717, 1.165) is 23.7 Å². The van der Waals surface area contributed by atoms with E-state index in [9.17, 15) is 19.2 Å². The molecule has 8 nitrogen and oxygen atoms in total. The Labute approximate surface area is 181 Å². The number of ether oxygens (including phenoxy) is 1. The number of fused-ring (bicyclic) bond motifs is 1. The summed E-state index contributed by atoms with van der Waals surface area (Å²) in [6.07, 6.45) is 7.24. The van der Waals surface area contributed by atoms with Crippen molar-refractivity contribution in [1.29, 1.82) is 0 Å². The minimum absolute atomic E-state index is 0.0108. The molecule has 3 amide bonds. The van der Waals surface area contributed by atoms with E-state index in [1.807, 2.05) is 36.4 Å². The largest absolute Gasteiger partial charge is 0.456 e. The van der Waals surface area contributed by atoms with Gasteiger partial charge in [0.05, 0.1) is 18.3 Å². The number of carbonyl (C=O) groups is 4. The van der Waals surface area contributed by atoms with Gasteiger partial charge >= 0.3 is 5.97 Å². The molecule has 2 fully saturated rings. The smallest absolute Gasteiger partial charge is 0.308 e. The normalized spacial score (nSPS) is 22.6. The van der Waals surface area contributed by atoms with Gasteiger partial charge in [0.2, 0.25) is 11.8 Å². The third kappa shape index (κ3) is 4.78. The van der Waals surface area contributed by atoms with Crippen LogP contribution in [0.1, 0.15) is 32.1 Å². The lowest BCUT2D eigenvalue weighted by atomic mass is 9.85. The van der Waals surface area contributed by atoms with Crippen molar-refractivity contribution in [2.75, 3.05) is 36.5 Å². The molecule has 0 spiro atoms. The Hall–Kier alpha value is -3.16. The molecule has 4 rings (SSSR count). The number of imide groups is 1. The minimum Gasteiger partial charge on any atom is -0.456 e. The van der Waals surface area contributed by atoms with E-state index in [1.54, 1.807) is 0 Å². The highest BCUT2D eigenvalue weighted by Gasteiger charge is 2.46. The number of rotatable bonds is 7. The lowest BCUT2D eigenvalue weighted by Crippen LogP contribution is -2.33. The summed E-state index contributed by atoms with van der Waals surface area (Å²) in [5.41, 5.74) is 1.76. The standard InChI is InChI=1S/C23H27N3O5/c27-20(24-16-7-9-17(10-8-16)25-12-3-4-13-25)15-31-21(28)11-14-26-22(29)18-5-1-2-6-19(18)23(26)30/h1-2,7-10,18-19H,3-6,11-15H2,(H,24,27)/t18-,19+. The molecule has 1 aromatic rings. The molecule has 1 aromatic carbocycles. The number of hydrogen-bond donors (Lipinski definition) is 1. The van der Waals surface area contributed by atoms with Gasteiger partial charge in [-0.25, -0.2) is 0 Å². The highest BCUT2D eigenvalue weighted by molar-refractivity contribution is 6.05. The summed E-state index contributed by atoms with van der Waals surface area (Å²) in [7, 11) is 0. The molecule has 0 bridgehead atoms. The summed E-state index contributed by atoms with van der Waals surface area (Å²) >= 11 is 0. The Bertz CT molecular complexity index is 863. The molecule has 2 atom stereocenters. The van der Waals surface area contributed by atoms with Crippen LogP contribution in [0, 0.1) is 11.8 Å². The average Bonchev–Trinajstić information content (AvgIpc) is 3.40. The summed E-state index contributed by atoms with van der Waals surface area (Å²) in [5.74, 6) is -2.11. The zero-order chi connectivity index (χ0) is 21.8. The topological polar surface area (TPSA) is 96.0 Å². The van der Waals surface area contributed by atoms with Gasteiger partial charge in [0.15, 0.2) is 6.61 Å². The number of amides is 3. The SMILES string of the molecule is O=C(COC(=O)CCN1C(=O)[C@H]2CC=CC[C@H]2C1=O)Nc1ccc(N2CCCC2)cc1. The first-order chi connectivity index (χ1) is 15.0. The maximum atomic E-state index is 12.4. The van der Waals surface area contributed by atoms with Crippen molar-refractivity contribution >= 4 is 35.1 Å². The molecular formula is C23H27N3O5. The Morgan fingerprint density at radius 2 is 1.58 bits per heavy atom. The van der Waals surface area contributed by atoms with E-state index in [1.165, 1.54) is 12.8 Å². The summed E-state index contributed by atoms with van der Waals surface area (Å²) in [5, 5.41) is 2.70. The fourth-order valence-electron chi connectivity index (χ4n) is 4.44. The number of benzene rings is 1. The van der Waals surface area contributed by atoms with Crippen molar-refractivity contribution in [3.8, 4) is 0 Å². The van der Waals surface area contributed by atoms with Crippen LogP contribution in [0.2, 0.25) is 0 Å². The first-order valence-electron chi connectivity index (χ1n) is 10.8. The molecule has 2 heterocycles. The number of hydrogen-bond acceptors (Lipinski definition) is 6. The van der Waals surface area contributed by atoms with E-state index in [4.69, 9.17) is 4.74 Å². The van der Waals surface area contributed by atoms with Crippen LogP contribution < -0.4 is 10.2 Å². The van der Waals surface area contributed by atoms with E-state index in [0.29, 0.717) is 18.5 Å². The van der Waals surface area contributed by atoms with Crippen LogP contribution in [-0.2, 0) is 23.9 Å². The summed E-state index contributed by atoms with van der Waals surface area (Å²) < 4.78 is 5.01. The second-order valence-corrected chi connectivity index (χ2v) is 8.18. The van der Waals surface area contributed by atoms with Gasteiger partial charge in [-0.05, 0) is 49.9 Å². The van der Waals surface area contributed by atoms with Crippen LogP contribution in [0.4, 0.5) is 11.4 Å². The van der Waals surface area contributed by atoms with Gasteiger partial charge in [0.25, 0.3) is 5.91 Å². The molecule has 0 saturated carbocycles. The molecule has 1 aliphatic carbocycles. The highest BCUT2D eigenvalue weighted by atomic mass is 16.5. The van der Waals surface area contributed by atoms with Crippen molar-refractivity contribution in [1.82, 2.24) is 4.90 Å². The molecule has 0 aromatic heterocycles. The molecule has 8 heteroatoms. The number of esters is 1. The first kappa shape index (κ1) is 21.1. The Kier molecular flexibility index (Phi) is 6.34. The molecule has 164 valence electrons. The number of nitrogens with one attached hydrogen (secondary N) is 1. The van der Waals surface area contributed by atoms with Gasteiger partial charge in [-0.15, -0.1) is 0 Å². The Balaban J connectivity index is 1.19. The van der Waals surface area contributed by atoms with Crippen LogP contribution in [0.15, 0.2) is 36.4 Å². The van der Waals surface area contributed by atoms with Crippen molar-refractivity contribution < 1.29 is 23.9 Å². The third-order valence-electron chi connectivity index (χ3n) is 6.12. The van der Waals surface area contributed by atoms with Crippen molar-refractivity contribution in [2.45, 2.75) is 32.1 Å². The molecule has 31 heavy (non-hydrogen) atoms. The van der Waals surface area contributed by atoms with Gasteiger partial charge in [0.1, 0.15) is 0 Å². The number of nitrogens with zero attached hydrogens (tertiary/aromatic N) is 2. The van der Waals surface area contributed by atoms with Gasteiger partial charge in [-0.2, -0.15) is 0 Å². The van der Waals surface area contributed by atoms with Crippen LogP contribution in [0.25, 0.3) is 0 Å².